The molecule has 6 rings (SSSR count). The van der Waals surface area contributed by atoms with Gasteiger partial charge in [-0.05, 0) is 60.9 Å². The van der Waals surface area contributed by atoms with Crippen LogP contribution in [0.4, 0.5) is 21.5 Å². The van der Waals surface area contributed by atoms with E-state index >= 15 is 0 Å². The Bertz CT molecular complexity index is 1750. The van der Waals surface area contributed by atoms with Gasteiger partial charge in [-0.1, -0.05) is 35.9 Å². The Kier molecular flexibility index (Phi) is 7.90. The lowest BCUT2D eigenvalue weighted by Gasteiger charge is -2.44. The average Bonchev–Trinajstić information content (AvgIpc) is 3.00. The van der Waals surface area contributed by atoms with E-state index < -0.39 is 11.7 Å². The third-order valence-corrected chi connectivity index (χ3v) is 8.46. The summed E-state index contributed by atoms with van der Waals surface area (Å²) in [5, 5.41) is 5.96. The molecule has 8 nitrogen and oxygen atoms in total. The third kappa shape index (κ3) is 5.85. The van der Waals surface area contributed by atoms with E-state index in [9.17, 15) is 18.8 Å². The van der Waals surface area contributed by atoms with Gasteiger partial charge in [0.25, 0.3) is 11.5 Å². The van der Waals surface area contributed by atoms with E-state index in [-0.39, 0.29) is 40.3 Å². The highest BCUT2D eigenvalue weighted by atomic mass is 35.5. The summed E-state index contributed by atoms with van der Waals surface area (Å²) in [5.74, 6) is -0.527. The second kappa shape index (κ2) is 11.9. The molecule has 2 N–H and O–H groups in total. The van der Waals surface area contributed by atoms with Crippen molar-refractivity contribution in [3.8, 4) is 5.75 Å². The van der Waals surface area contributed by atoms with Crippen LogP contribution in [-0.4, -0.2) is 36.6 Å². The zero-order chi connectivity index (χ0) is 30.1. The molecule has 3 heterocycles. The molecule has 43 heavy (non-hydrogen) atoms. The van der Waals surface area contributed by atoms with Crippen LogP contribution >= 0.6 is 11.6 Å². The third-order valence-electron chi connectivity index (χ3n) is 8.11. The van der Waals surface area contributed by atoms with Gasteiger partial charge < -0.3 is 24.8 Å². The van der Waals surface area contributed by atoms with E-state index in [1.54, 1.807) is 42.5 Å². The van der Waals surface area contributed by atoms with Crippen LogP contribution in [0.25, 0.3) is 0 Å². The molecule has 2 bridgehead atoms. The first-order chi connectivity index (χ1) is 20.8. The van der Waals surface area contributed by atoms with Gasteiger partial charge in [0.1, 0.15) is 11.6 Å². The van der Waals surface area contributed by atoms with Gasteiger partial charge in [-0.2, -0.15) is 0 Å². The molecule has 2 atom stereocenters. The molecule has 0 aliphatic carbocycles. The minimum absolute atomic E-state index is 0.00539. The topological polar surface area (TPSA) is 92.7 Å². The van der Waals surface area contributed by atoms with E-state index in [2.05, 4.69) is 15.5 Å². The number of piperidine rings is 1. The maximum absolute atomic E-state index is 14.5. The van der Waals surface area contributed by atoms with Gasteiger partial charge in [0.15, 0.2) is 0 Å². The predicted octanol–water partition coefficient (Wildman–Crippen LogP) is 5.71. The number of anilines is 3. The van der Waals surface area contributed by atoms with E-state index in [1.807, 2.05) is 22.8 Å². The number of hydrogen-bond acceptors (Lipinski definition) is 5. The van der Waals surface area contributed by atoms with Crippen molar-refractivity contribution in [1.29, 1.82) is 0 Å². The normalized spacial score (nSPS) is 17.1. The van der Waals surface area contributed by atoms with Crippen molar-refractivity contribution in [3.63, 3.8) is 0 Å². The summed E-state index contributed by atoms with van der Waals surface area (Å²) in [6.07, 6.45) is 0.691. The predicted molar refractivity (Wildman–Crippen MR) is 165 cm³/mol. The number of nitrogens with zero attached hydrogens (tertiary/aromatic N) is 2. The van der Waals surface area contributed by atoms with Crippen molar-refractivity contribution < 1.29 is 18.7 Å². The van der Waals surface area contributed by atoms with E-state index in [0.717, 1.165) is 17.8 Å². The summed E-state index contributed by atoms with van der Waals surface area (Å²) in [4.78, 5) is 41.3. The summed E-state index contributed by atoms with van der Waals surface area (Å²) in [6, 6.07) is 21.9. The van der Waals surface area contributed by atoms with Crippen LogP contribution in [0, 0.1) is 11.7 Å². The fraction of sp³-hybridized carbons (Fsp3) is 0.242. The van der Waals surface area contributed by atoms with Gasteiger partial charge in [-0.15, -0.1) is 0 Å². The molecule has 0 unspecified atom stereocenters. The SMILES string of the molecule is COc1ccccc1NC(=O)c1ccc(N2C[C@H]3C[C@@H](C2)c2cccc(=O)n2C3)c(NC(=O)Cc2c(F)cccc2Cl)c1. The highest BCUT2D eigenvalue weighted by molar-refractivity contribution is 6.31. The van der Waals surface area contributed by atoms with Crippen LogP contribution < -0.4 is 25.8 Å². The monoisotopic (exact) mass is 600 g/mol. The number of fused-ring (bicyclic) bond motifs is 4. The van der Waals surface area contributed by atoms with Gasteiger partial charge in [0, 0.05) is 53.5 Å². The molecular formula is C33H30ClFN4O4. The van der Waals surface area contributed by atoms with Crippen molar-refractivity contribution >= 4 is 40.5 Å². The first kappa shape index (κ1) is 28.5. The molecule has 2 aliphatic rings. The molecule has 10 heteroatoms. The molecule has 0 spiro atoms. The molecule has 2 aliphatic heterocycles. The van der Waals surface area contributed by atoms with Crippen molar-refractivity contribution in [2.24, 2.45) is 5.92 Å². The second-order valence-electron chi connectivity index (χ2n) is 10.9. The molecule has 4 aromatic rings. The van der Waals surface area contributed by atoms with Crippen molar-refractivity contribution in [1.82, 2.24) is 4.57 Å². The molecule has 220 valence electrons. The lowest BCUT2D eigenvalue weighted by molar-refractivity contribution is -0.115. The summed E-state index contributed by atoms with van der Waals surface area (Å²) in [5.41, 5.74) is 3.10. The van der Waals surface area contributed by atoms with Crippen LogP contribution in [0.15, 0.2) is 83.7 Å². The number of para-hydroxylation sites is 2. The summed E-state index contributed by atoms with van der Waals surface area (Å²) in [6.45, 7) is 1.93. The van der Waals surface area contributed by atoms with E-state index in [0.29, 0.717) is 42.3 Å². The standard InChI is InChI=1S/C33H30ClFN4O4/c1-43-30-10-3-2-8-26(30)37-33(42)21-12-13-29(27(15-21)36-31(40)16-23-24(34)6-4-7-25(23)35)38-17-20-14-22(19-38)28-9-5-11-32(41)39(28)18-20/h2-13,15,20,22H,14,16-19H2,1H3,(H,36,40)(H,37,42)/t20-,22+/m1/s1. The van der Waals surface area contributed by atoms with Gasteiger partial charge in [0.2, 0.25) is 5.91 Å². The minimum Gasteiger partial charge on any atom is -0.495 e. The molecule has 3 aromatic carbocycles. The van der Waals surface area contributed by atoms with Crippen LogP contribution in [0.1, 0.15) is 34.0 Å². The molecule has 0 saturated carbocycles. The smallest absolute Gasteiger partial charge is 0.255 e. The highest BCUT2D eigenvalue weighted by Gasteiger charge is 2.35. The zero-order valence-corrected chi connectivity index (χ0v) is 24.2. The minimum atomic E-state index is -0.564. The molecule has 0 radical (unpaired) electrons. The Morgan fingerprint density at radius 1 is 0.953 bits per heavy atom. The van der Waals surface area contributed by atoms with E-state index in [4.69, 9.17) is 16.3 Å². The number of amides is 2. The molecule has 2 amide bonds. The fourth-order valence-electron chi connectivity index (χ4n) is 6.14. The molecular weight excluding hydrogens is 571 g/mol. The Morgan fingerprint density at radius 3 is 2.58 bits per heavy atom. The molecule has 1 aromatic heterocycles. The Hall–Kier alpha value is -4.63. The van der Waals surface area contributed by atoms with Gasteiger partial charge in [0.05, 0.1) is 30.6 Å². The highest BCUT2D eigenvalue weighted by Crippen LogP contribution is 2.39. The second-order valence-corrected chi connectivity index (χ2v) is 11.3. The number of carbonyl (C=O) groups excluding carboxylic acids is 2. The number of halogens is 2. The van der Waals surface area contributed by atoms with Crippen LogP contribution in [0.3, 0.4) is 0 Å². The number of rotatable bonds is 7. The van der Waals surface area contributed by atoms with Gasteiger partial charge in [-0.25, -0.2) is 4.39 Å². The fourth-order valence-corrected chi connectivity index (χ4v) is 6.37. The first-order valence-electron chi connectivity index (χ1n) is 14.1. The number of hydrogen-bond donors (Lipinski definition) is 2. The summed E-state index contributed by atoms with van der Waals surface area (Å²) >= 11 is 6.19. The molecule has 1 saturated heterocycles. The largest absolute Gasteiger partial charge is 0.495 e. The van der Waals surface area contributed by atoms with Crippen molar-refractivity contribution in [3.05, 3.63) is 117 Å². The zero-order valence-electron chi connectivity index (χ0n) is 23.5. The van der Waals surface area contributed by atoms with Crippen LogP contribution in [0.2, 0.25) is 5.02 Å². The first-order valence-corrected chi connectivity index (χ1v) is 14.4. The summed E-state index contributed by atoms with van der Waals surface area (Å²) < 4.78 is 21.7. The quantitative estimate of drug-likeness (QED) is 0.284. The number of carbonyl (C=O) groups is 2. The van der Waals surface area contributed by atoms with Crippen LogP contribution in [0.5, 0.6) is 5.75 Å². The van der Waals surface area contributed by atoms with Crippen molar-refractivity contribution in [2.75, 3.05) is 35.7 Å². The number of pyridine rings is 1. The number of nitrogens with one attached hydrogen (secondary N) is 2. The Balaban J connectivity index is 1.32. The summed E-state index contributed by atoms with van der Waals surface area (Å²) in [7, 11) is 1.53. The lowest BCUT2D eigenvalue weighted by atomic mass is 9.83. The van der Waals surface area contributed by atoms with Crippen LogP contribution in [-0.2, 0) is 17.8 Å². The van der Waals surface area contributed by atoms with E-state index in [1.165, 1.54) is 25.3 Å². The maximum Gasteiger partial charge on any atom is 0.255 e. The number of aromatic nitrogens is 1. The number of ether oxygens (including phenoxy) is 1. The Labute approximate surface area is 253 Å². The van der Waals surface area contributed by atoms with Crippen molar-refractivity contribution in [2.45, 2.75) is 25.3 Å². The average molecular weight is 601 g/mol. The Morgan fingerprint density at radius 2 is 1.77 bits per heavy atom. The van der Waals surface area contributed by atoms with Gasteiger partial charge in [-0.3, -0.25) is 14.4 Å². The number of methoxy groups -OCH3 is 1. The lowest BCUT2D eigenvalue weighted by Crippen LogP contribution is -2.47. The number of benzene rings is 3. The van der Waals surface area contributed by atoms with Gasteiger partial charge >= 0.3 is 0 Å². The maximum atomic E-state index is 14.5. The molecule has 1 fully saturated rings.